The van der Waals surface area contributed by atoms with Crippen molar-refractivity contribution in [3.8, 4) is 0 Å². The topological polar surface area (TPSA) is 81.7 Å². The van der Waals surface area contributed by atoms with Crippen LogP contribution in [-0.2, 0) is 5.60 Å². The lowest BCUT2D eigenvalue weighted by Gasteiger charge is -2.24. The first kappa shape index (κ1) is 24.4. The molecule has 3 amide bonds. The van der Waals surface area contributed by atoms with Crippen molar-refractivity contribution in [1.82, 2.24) is 5.32 Å². The summed E-state index contributed by atoms with van der Waals surface area (Å²) in [7, 11) is 0. The van der Waals surface area contributed by atoms with E-state index < -0.39 is 53.7 Å². The third-order valence-electron chi connectivity index (χ3n) is 6.19. The molecule has 5 rings (SSSR count). The number of hydrogen-bond acceptors (Lipinski definition) is 3. The molecule has 0 spiro atoms. The van der Waals surface area contributed by atoms with Gasteiger partial charge in [0, 0.05) is 32.3 Å². The minimum atomic E-state index is -3.31. The van der Waals surface area contributed by atoms with Gasteiger partial charge in [-0.1, -0.05) is 23.2 Å². The van der Waals surface area contributed by atoms with Crippen molar-refractivity contribution in [3.05, 3.63) is 92.5 Å². The van der Waals surface area contributed by atoms with Crippen LogP contribution in [0.25, 0.3) is 0 Å². The van der Waals surface area contributed by atoms with E-state index in [1.165, 1.54) is 18.2 Å². The quantitative estimate of drug-likeness (QED) is 0.378. The van der Waals surface area contributed by atoms with Crippen LogP contribution < -0.4 is 15.5 Å². The standard InChI is InChI=1S/C24H15Cl2F4N3O3/c25-10-5-14-19(20(32-21(14)34)13-7-11(27)1-3-16(13)26)17(6-10)31-23(35)33-9-24(36,22(29)30)15-8-12(28)2-4-18(15)33/h1-8,20,22,36H,9H2,(H,31,35)(H,32,34)/t20-,24?/m0/s1. The fraction of sp³-hybridized carbons (Fsp3) is 0.167. The molecule has 3 aromatic carbocycles. The van der Waals surface area contributed by atoms with E-state index in [-0.39, 0.29) is 38.1 Å². The summed E-state index contributed by atoms with van der Waals surface area (Å²) < 4.78 is 55.2. The number of rotatable bonds is 3. The first-order valence-corrected chi connectivity index (χ1v) is 11.2. The monoisotopic (exact) mass is 539 g/mol. The van der Waals surface area contributed by atoms with Crippen LogP contribution in [0.15, 0.2) is 48.5 Å². The van der Waals surface area contributed by atoms with Gasteiger partial charge in [0.2, 0.25) is 0 Å². The summed E-state index contributed by atoms with van der Waals surface area (Å²) in [4.78, 5) is 26.8. The van der Waals surface area contributed by atoms with Crippen LogP contribution in [0.5, 0.6) is 0 Å². The molecular weight excluding hydrogens is 525 g/mol. The fourth-order valence-corrected chi connectivity index (χ4v) is 4.97. The van der Waals surface area contributed by atoms with E-state index in [2.05, 4.69) is 10.6 Å². The van der Waals surface area contributed by atoms with Crippen molar-refractivity contribution in [1.29, 1.82) is 0 Å². The Morgan fingerprint density at radius 3 is 2.53 bits per heavy atom. The number of carbonyl (C=O) groups is 2. The molecule has 2 atom stereocenters. The SMILES string of the molecule is O=C1N[C@@H](c2cc(F)ccc2Cl)c2c(NC(=O)N3CC(O)(C(F)F)c4cc(F)ccc43)cc(Cl)cc21. The first-order valence-electron chi connectivity index (χ1n) is 10.5. The van der Waals surface area contributed by atoms with Gasteiger partial charge in [-0.3, -0.25) is 9.69 Å². The molecule has 3 aromatic rings. The maximum absolute atomic E-state index is 14.0. The average molecular weight is 540 g/mol. The van der Waals surface area contributed by atoms with E-state index in [1.807, 2.05) is 0 Å². The van der Waals surface area contributed by atoms with E-state index in [0.717, 1.165) is 35.2 Å². The molecule has 2 aliphatic rings. The molecule has 0 radical (unpaired) electrons. The fourth-order valence-electron chi connectivity index (χ4n) is 4.52. The summed E-state index contributed by atoms with van der Waals surface area (Å²) in [5.74, 6) is -2.02. The van der Waals surface area contributed by atoms with E-state index in [4.69, 9.17) is 23.2 Å². The van der Waals surface area contributed by atoms with Crippen LogP contribution in [0.1, 0.15) is 33.1 Å². The second-order valence-electron chi connectivity index (χ2n) is 8.39. The van der Waals surface area contributed by atoms with Crippen molar-refractivity contribution >= 4 is 46.5 Å². The van der Waals surface area contributed by atoms with Gasteiger partial charge in [-0.05, 0) is 48.5 Å². The molecule has 0 saturated heterocycles. The molecule has 2 heterocycles. The second kappa shape index (κ2) is 8.65. The predicted molar refractivity (Wildman–Crippen MR) is 125 cm³/mol. The smallest absolute Gasteiger partial charge is 0.326 e. The lowest BCUT2D eigenvalue weighted by Crippen LogP contribution is -2.43. The van der Waals surface area contributed by atoms with Gasteiger partial charge >= 0.3 is 6.03 Å². The van der Waals surface area contributed by atoms with Gasteiger partial charge < -0.3 is 15.7 Å². The lowest BCUT2D eigenvalue weighted by molar-refractivity contribution is -0.0892. The van der Waals surface area contributed by atoms with E-state index >= 15 is 0 Å². The average Bonchev–Trinajstić information content (AvgIpc) is 3.30. The molecule has 6 nitrogen and oxygen atoms in total. The molecule has 1 unspecified atom stereocenters. The zero-order valence-electron chi connectivity index (χ0n) is 18.0. The molecule has 0 fully saturated rings. The van der Waals surface area contributed by atoms with Crippen LogP contribution in [0.2, 0.25) is 10.0 Å². The lowest BCUT2D eigenvalue weighted by atomic mass is 9.96. The highest BCUT2D eigenvalue weighted by Crippen LogP contribution is 2.45. The van der Waals surface area contributed by atoms with E-state index in [0.29, 0.717) is 0 Å². The summed E-state index contributed by atoms with van der Waals surface area (Å²) in [5.41, 5.74) is -2.78. The van der Waals surface area contributed by atoms with Crippen molar-refractivity contribution in [2.75, 3.05) is 16.8 Å². The molecule has 12 heteroatoms. The Labute approximate surface area is 211 Å². The zero-order valence-corrected chi connectivity index (χ0v) is 19.5. The van der Waals surface area contributed by atoms with Gasteiger partial charge in [0.25, 0.3) is 12.3 Å². The van der Waals surface area contributed by atoms with Crippen molar-refractivity contribution in [3.63, 3.8) is 0 Å². The van der Waals surface area contributed by atoms with Gasteiger partial charge in [0.05, 0.1) is 24.0 Å². The van der Waals surface area contributed by atoms with E-state index in [9.17, 15) is 32.3 Å². The molecule has 0 aromatic heterocycles. The summed E-state index contributed by atoms with van der Waals surface area (Å²) in [6.07, 6.45) is -3.31. The van der Waals surface area contributed by atoms with Crippen LogP contribution in [0.4, 0.5) is 33.7 Å². The summed E-state index contributed by atoms with van der Waals surface area (Å²) in [6.45, 7) is -0.853. The van der Waals surface area contributed by atoms with Crippen molar-refractivity contribution < 1.29 is 32.3 Å². The van der Waals surface area contributed by atoms with Gasteiger partial charge in [0.1, 0.15) is 11.6 Å². The third-order valence-corrected chi connectivity index (χ3v) is 6.75. The van der Waals surface area contributed by atoms with Crippen molar-refractivity contribution in [2.24, 2.45) is 0 Å². The minimum absolute atomic E-state index is 0.0299. The molecule has 0 aliphatic carbocycles. The van der Waals surface area contributed by atoms with Crippen LogP contribution >= 0.6 is 23.2 Å². The summed E-state index contributed by atoms with van der Waals surface area (Å²) in [6, 6.07) is 7.20. The number of nitrogens with zero attached hydrogens (tertiary/aromatic N) is 1. The Hall–Kier alpha value is -3.34. The normalized spacial score (nSPS) is 20.4. The van der Waals surface area contributed by atoms with Crippen LogP contribution in [0.3, 0.4) is 0 Å². The Balaban J connectivity index is 1.56. The van der Waals surface area contributed by atoms with Gasteiger partial charge in [-0.25, -0.2) is 22.4 Å². The number of aliphatic hydroxyl groups is 1. The largest absolute Gasteiger partial charge is 0.377 e. The number of β-amino-alcohol motifs (C(OH)–C–C–N with tert-alkyl or cyclic N) is 1. The Bertz CT molecular complexity index is 1440. The molecule has 0 bridgehead atoms. The van der Waals surface area contributed by atoms with Gasteiger partial charge in [-0.15, -0.1) is 0 Å². The second-order valence-corrected chi connectivity index (χ2v) is 9.23. The number of anilines is 2. The number of amides is 3. The molecule has 3 N–H and O–H groups in total. The van der Waals surface area contributed by atoms with Crippen LogP contribution in [-0.4, -0.2) is 30.0 Å². The number of halogens is 6. The van der Waals surface area contributed by atoms with Crippen molar-refractivity contribution in [2.45, 2.75) is 18.1 Å². The Morgan fingerprint density at radius 1 is 1.11 bits per heavy atom. The molecule has 36 heavy (non-hydrogen) atoms. The maximum atomic E-state index is 14.0. The molecular formula is C24H15Cl2F4N3O3. The number of hydrogen-bond donors (Lipinski definition) is 3. The molecule has 2 aliphatic heterocycles. The highest BCUT2D eigenvalue weighted by Gasteiger charge is 2.50. The maximum Gasteiger partial charge on any atom is 0.326 e. The van der Waals surface area contributed by atoms with Gasteiger partial charge in [0.15, 0.2) is 5.60 Å². The highest BCUT2D eigenvalue weighted by atomic mass is 35.5. The number of carbonyl (C=O) groups excluding carboxylic acids is 2. The highest BCUT2D eigenvalue weighted by molar-refractivity contribution is 6.32. The summed E-state index contributed by atoms with van der Waals surface area (Å²) >= 11 is 12.4. The number of urea groups is 1. The number of nitrogens with one attached hydrogen (secondary N) is 2. The summed E-state index contributed by atoms with van der Waals surface area (Å²) in [5, 5.41) is 16.0. The minimum Gasteiger partial charge on any atom is -0.377 e. The number of alkyl halides is 2. The third kappa shape index (κ3) is 3.85. The number of benzene rings is 3. The Kier molecular flexibility index (Phi) is 5.85. The Morgan fingerprint density at radius 2 is 1.81 bits per heavy atom. The van der Waals surface area contributed by atoms with Crippen LogP contribution in [0, 0.1) is 11.6 Å². The zero-order chi connectivity index (χ0) is 25.9. The predicted octanol–water partition coefficient (Wildman–Crippen LogP) is 5.61. The first-order chi connectivity index (χ1) is 17.0. The van der Waals surface area contributed by atoms with E-state index in [1.54, 1.807) is 0 Å². The van der Waals surface area contributed by atoms with Gasteiger partial charge in [-0.2, -0.15) is 0 Å². The molecule has 0 saturated carbocycles. The molecule has 186 valence electrons. The number of fused-ring (bicyclic) bond motifs is 2.